The molecule has 0 unspecified atom stereocenters. The van der Waals surface area contributed by atoms with Gasteiger partial charge in [0.25, 0.3) is 0 Å². The number of nitrogens with zero attached hydrogens (tertiary/aromatic N) is 3. The molecule has 1 amide bonds. The first-order valence-corrected chi connectivity index (χ1v) is 11.3. The van der Waals surface area contributed by atoms with Gasteiger partial charge in [-0.05, 0) is 42.1 Å². The number of aromatic nitrogens is 3. The second-order valence-corrected chi connectivity index (χ2v) is 9.08. The predicted molar refractivity (Wildman–Crippen MR) is 105 cm³/mol. The van der Waals surface area contributed by atoms with Crippen LogP contribution in [-0.4, -0.2) is 34.8 Å². The minimum absolute atomic E-state index is 0.00582. The van der Waals surface area contributed by atoms with Crippen LogP contribution < -0.4 is 10.5 Å². The molecule has 0 fully saturated rings. The maximum absolute atomic E-state index is 12.1. The van der Waals surface area contributed by atoms with E-state index >= 15 is 0 Å². The van der Waals surface area contributed by atoms with E-state index in [1.165, 1.54) is 40.9 Å². The molecule has 0 saturated carbocycles. The smallest absolute Gasteiger partial charge is 0.238 e. The SMILES string of the molecule is NS(=O)(=O)c1ccc(NC(=O)CSc2nncn2CCc2cccs2)cc1. The molecule has 27 heavy (non-hydrogen) atoms. The molecule has 0 saturated heterocycles. The molecular formula is C16H17N5O3S3. The molecule has 1 aromatic carbocycles. The fourth-order valence-corrected chi connectivity index (χ4v) is 4.21. The molecule has 8 nitrogen and oxygen atoms in total. The Labute approximate surface area is 164 Å². The van der Waals surface area contributed by atoms with Crippen molar-refractivity contribution in [3.8, 4) is 0 Å². The number of hydrogen-bond donors (Lipinski definition) is 2. The van der Waals surface area contributed by atoms with Crippen LogP contribution in [-0.2, 0) is 27.8 Å². The van der Waals surface area contributed by atoms with Crippen LogP contribution in [0.2, 0.25) is 0 Å². The maximum atomic E-state index is 12.1. The Morgan fingerprint density at radius 2 is 2.04 bits per heavy atom. The fraction of sp³-hybridized carbons (Fsp3) is 0.188. The summed E-state index contributed by atoms with van der Waals surface area (Å²) in [6, 6.07) is 9.77. The van der Waals surface area contributed by atoms with E-state index in [0.29, 0.717) is 10.8 Å². The highest BCUT2D eigenvalue weighted by molar-refractivity contribution is 7.99. The van der Waals surface area contributed by atoms with E-state index in [1.54, 1.807) is 17.7 Å². The molecule has 2 heterocycles. The lowest BCUT2D eigenvalue weighted by atomic mass is 10.3. The van der Waals surface area contributed by atoms with Crippen LogP contribution in [0.25, 0.3) is 0 Å². The van der Waals surface area contributed by atoms with Crippen molar-refractivity contribution in [1.29, 1.82) is 0 Å². The van der Waals surface area contributed by atoms with Crippen LogP contribution in [0.15, 0.2) is 58.2 Å². The van der Waals surface area contributed by atoms with E-state index in [9.17, 15) is 13.2 Å². The van der Waals surface area contributed by atoms with E-state index in [0.717, 1.165) is 13.0 Å². The zero-order chi connectivity index (χ0) is 19.3. The van der Waals surface area contributed by atoms with E-state index < -0.39 is 10.0 Å². The zero-order valence-electron chi connectivity index (χ0n) is 14.1. The Balaban J connectivity index is 1.51. The molecule has 2 aromatic heterocycles. The van der Waals surface area contributed by atoms with Gasteiger partial charge in [0.05, 0.1) is 10.6 Å². The maximum Gasteiger partial charge on any atom is 0.238 e. The van der Waals surface area contributed by atoms with Gasteiger partial charge in [-0.25, -0.2) is 13.6 Å². The number of aryl methyl sites for hydroxylation is 2. The van der Waals surface area contributed by atoms with Gasteiger partial charge >= 0.3 is 0 Å². The average Bonchev–Trinajstić information content (AvgIpc) is 3.29. The van der Waals surface area contributed by atoms with Gasteiger partial charge in [0.1, 0.15) is 6.33 Å². The number of nitrogens with one attached hydrogen (secondary N) is 1. The summed E-state index contributed by atoms with van der Waals surface area (Å²) in [5, 5.41) is 18.4. The van der Waals surface area contributed by atoms with Gasteiger partial charge in [-0.2, -0.15) is 0 Å². The minimum Gasteiger partial charge on any atom is -0.325 e. The molecular weight excluding hydrogens is 406 g/mol. The summed E-state index contributed by atoms with van der Waals surface area (Å²) in [5.74, 6) is -0.0644. The van der Waals surface area contributed by atoms with Crippen molar-refractivity contribution in [3.63, 3.8) is 0 Å². The Morgan fingerprint density at radius 1 is 1.26 bits per heavy atom. The first-order valence-electron chi connectivity index (χ1n) is 7.87. The summed E-state index contributed by atoms with van der Waals surface area (Å²) in [4.78, 5) is 13.4. The summed E-state index contributed by atoms with van der Waals surface area (Å²) >= 11 is 2.99. The van der Waals surface area contributed by atoms with Crippen LogP contribution in [0.1, 0.15) is 4.88 Å². The largest absolute Gasteiger partial charge is 0.325 e. The predicted octanol–water partition coefficient (Wildman–Crippen LogP) is 1.96. The van der Waals surface area contributed by atoms with Crippen LogP contribution >= 0.6 is 23.1 Å². The first-order chi connectivity index (χ1) is 12.9. The van der Waals surface area contributed by atoms with Gasteiger partial charge in [0, 0.05) is 17.1 Å². The first kappa shape index (κ1) is 19.5. The van der Waals surface area contributed by atoms with Crippen LogP contribution in [0, 0.1) is 0 Å². The van der Waals surface area contributed by atoms with Crippen LogP contribution in [0.5, 0.6) is 0 Å². The lowest BCUT2D eigenvalue weighted by Crippen LogP contribution is -2.15. The number of thioether (sulfide) groups is 1. The van der Waals surface area contributed by atoms with Gasteiger partial charge in [0.15, 0.2) is 5.16 Å². The van der Waals surface area contributed by atoms with Gasteiger partial charge in [-0.3, -0.25) is 4.79 Å². The van der Waals surface area contributed by atoms with Crippen LogP contribution in [0.3, 0.4) is 0 Å². The third kappa shape index (κ3) is 5.63. The molecule has 0 bridgehead atoms. The number of anilines is 1. The average molecular weight is 424 g/mol. The van der Waals surface area contributed by atoms with E-state index in [-0.39, 0.29) is 16.6 Å². The highest BCUT2D eigenvalue weighted by atomic mass is 32.2. The number of carbonyl (C=O) groups is 1. The summed E-state index contributed by atoms with van der Waals surface area (Å²) in [6.45, 7) is 0.743. The third-order valence-electron chi connectivity index (χ3n) is 3.56. The standard InChI is InChI=1S/C16H17N5O3S3/c17-27(23,24)14-5-3-12(4-6-14)19-15(22)10-26-16-20-18-11-21(16)8-7-13-2-1-9-25-13/h1-6,9,11H,7-8,10H2,(H,19,22)(H2,17,23,24). The Morgan fingerprint density at radius 3 is 2.70 bits per heavy atom. The molecule has 0 spiro atoms. The normalized spacial score (nSPS) is 11.4. The summed E-state index contributed by atoms with van der Waals surface area (Å²) in [5.41, 5.74) is 0.493. The van der Waals surface area contributed by atoms with E-state index in [2.05, 4.69) is 21.6 Å². The van der Waals surface area contributed by atoms with Crippen molar-refractivity contribution in [2.45, 2.75) is 23.0 Å². The van der Waals surface area contributed by atoms with Gasteiger partial charge in [-0.1, -0.05) is 17.8 Å². The summed E-state index contributed by atoms with van der Waals surface area (Å²) < 4.78 is 24.4. The number of rotatable bonds is 8. The topological polar surface area (TPSA) is 120 Å². The third-order valence-corrected chi connectivity index (χ3v) is 6.40. The Bertz CT molecular complexity index is 998. The number of nitrogens with two attached hydrogens (primary N) is 1. The molecule has 0 aliphatic carbocycles. The molecule has 11 heteroatoms. The van der Waals surface area contributed by atoms with Gasteiger partial charge < -0.3 is 9.88 Å². The Hall–Kier alpha value is -2.21. The summed E-state index contributed by atoms with van der Waals surface area (Å²) in [7, 11) is -3.75. The number of thiophene rings is 1. The molecule has 0 atom stereocenters. The van der Waals surface area contributed by atoms with Crippen molar-refractivity contribution in [1.82, 2.24) is 14.8 Å². The second kappa shape index (κ2) is 8.65. The van der Waals surface area contributed by atoms with Crippen LogP contribution in [0.4, 0.5) is 5.69 Å². The number of amides is 1. The summed E-state index contributed by atoms with van der Waals surface area (Å²) in [6.07, 6.45) is 2.53. The minimum atomic E-state index is -3.75. The lowest BCUT2D eigenvalue weighted by Gasteiger charge is -2.07. The molecule has 0 aliphatic rings. The van der Waals surface area contributed by atoms with Crippen molar-refractivity contribution < 1.29 is 13.2 Å². The quantitative estimate of drug-likeness (QED) is 0.535. The van der Waals surface area contributed by atoms with Crippen molar-refractivity contribution in [2.75, 3.05) is 11.1 Å². The molecule has 0 radical (unpaired) electrons. The molecule has 3 N–H and O–H groups in total. The lowest BCUT2D eigenvalue weighted by molar-refractivity contribution is -0.113. The van der Waals surface area contributed by atoms with Crippen molar-refractivity contribution in [3.05, 3.63) is 53.0 Å². The fourth-order valence-electron chi connectivity index (χ4n) is 2.25. The molecule has 3 rings (SSSR count). The number of benzene rings is 1. The van der Waals surface area contributed by atoms with Crippen molar-refractivity contribution >= 4 is 44.7 Å². The molecule has 142 valence electrons. The number of sulfonamides is 1. The highest BCUT2D eigenvalue weighted by Crippen LogP contribution is 2.18. The number of primary sulfonamides is 1. The van der Waals surface area contributed by atoms with E-state index in [1.807, 2.05) is 16.0 Å². The zero-order valence-corrected chi connectivity index (χ0v) is 16.6. The van der Waals surface area contributed by atoms with Gasteiger partial charge in [0.2, 0.25) is 15.9 Å². The molecule has 3 aromatic rings. The van der Waals surface area contributed by atoms with Crippen molar-refractivity contribution in [2.24, 2.45) is 5.14 Å². The van der Waals surface area contributed by atoms with Gasteiger partial charge in [-0.15, -0.1) is 21.5 Å². The monoisotopic (exact) mass is 423 g/mol. The molecule has 0 aliphatic heterocycles. The van der Waals surface area contributed by atoms with E-state index in [4.69, 9.17) is 5.14 Å². The number of hydrogen-bond acceptors (Lipinski definition) is 7. The second-order valence-electron chi connectivity index (χ2n) is 5.54. The Kier molecular flexibility index (Phi) is 6.26. The number of carbonyl (C=O) groups excluding carboxylic acids is 1. The highest BCUT2D eigenvalue weighted by Gasteiger charge is 2.11.